The van der Waals surface area contributed by atoms with E-state index in [1.54, 1.807) is 28.1 Å². The predicted octanol–water partition coefficient (Wildman–Crippen LogP) is 2.62. The fourth-order valence-corrected chi connectivity index (χ4v) is 4.11. The summed E-state index contributed by atoms with van der Waals surface area (Å²) in [5.41, 5.74) is 2.08. The largest absolute Gasteiger partial charge is 0.321 e. The van der Waals surface area contributed by atoms with Gasteiger partial charge in [0.2, 0.25) is 10.0 Å². The smallest absolute Gasteiger partial charge is 0.276 e. The molecule has 28 heavy (non-hydrogen) atoms. The number of thiophene rings is 1. The average molecular weight is 413 g/mol. The Bertz CT molecular complexity index is 1250. The monoisotopic (exact) mass is 413 g/mol. The maximum Gasteiger partial charge on any atom is 0.276 e. The zero-order valence-corrected chi connectivity index (χ0v) is 16.3. The van der Waals surface area contributed by atoms with E-state index in [2.05, 4.69) is 20.1 Å². The van der Waals surface area contributed by atoms with Gasteiger partial charge in [0.1, 0.15) is 0 Å². The SMILES string of the molecule is CNS(=O)(=O)c1ccc(NC(=O)c2cc3nccc(-c4cccs4)n3n2)cc1. The van der Waals surface area contributed by atoms with Crippen molar-refractivity contribution in [1.82, 2.24) is 19.3 Å². The third-order valence-electron chi connectivity index (χ3n) is 4.06. The molecule has 10 heteroatoms. The summed E-state index contributed by atoms with van der Waals surface area (Å²) in [5, 5.41) is 9.06. The normalized spacial score (nSPS) is 11.6. The highest BCUT2D eigenvalue weighted by atomic mass is 32.2. The number of carbonyl (C=O) groups excluding carboxylic acids is 1. The highest BCUT2D eigenvalue weighted by Gasteiger charge is 2.16. The third-order valence-corrected chi connectivity index (χ3v) is 6.38. The molecule has 0 radical (unpaired) electrons. The number of benzene rings is 1. The van der Waals surface area contributed by atoms with Crippen LogP contribution in [0.2, 0.25) is 0 Å². The van der Waals surface area contributed by atoms with Gasteiger partial charge >= 0.3 is 0 Å². The minimum absolute atomic E-state index is 0.116. The molecule has 0 bridgehead atoms. The standard InChI is InChI=1S/C18H15N5O3S2/c1-19-28(25,26)13-6-4-12(5-7-13)21-18(24)14-11-17-20-9-8-15(23(17)22-14)16-3-2-10-27-16/h2-11,19H,1H3,(H,21,24). The van der Waals surface area contributed by atoms with Gasteiger partial charge in [-0.2, -0.15) is 5.10 Å². The van der Waals surface area contributed by atoms with Gasteiger partial charge in [-0.3, -0.25) is 4.79 Å². The summed E-state index contributed by atoms with van der Waals surface area (Å²) in [6.07, 6.45) is 1.68. The van der Waals surface area contributed by atoms with Gasteiger partial charge in [-0.15, -0.1) is 11.3 Å². The van der Waals surface area contributed by atoms with Crippen LogP contribution in [0, 0.1) is 0 Å². The van der Waals surface area contributed by atoms with E-state index in [4.69, 9.17) is 0 Å². The van der Waals surface area contributed by atoms with Gasteiger partial charge in [0.05, 0.1) is 15.5 Å². The molecular weight excluding hydrogens is 398 g/mol. The van der Waals surface area contributed by atoms with Crippen molar-refractivity contribution in [2.75, 3.05) is 12.4 Å². The van der Waals surface area contributed by atoms with Crippen LogP contribution in [-0.4, -0.2) is 36.0 Å². The lowest BCUT2D eigenvalue weighted by atomic mass is 10.3. The van der Waals surface area contributed by atoms with Crippen molar-refractivity contribution in [2.45, 2.75) is 4.90 Å². The summed E-state index contributed by atoms with van der Waals surface area (Å²) in [6.45, 7) is 0. The highest BCUT2D eigenvalue weighted by molar-refractivity contribution is 7.89. The summed E-state index contributed by atoms with van der Waals surface area (Å²) in [6, 6.07) is 13.2. The van der Waals surface area contributed by atoms with E-state index >= 15 is 0 Å². The Morgan fingerprint density at radius 3 is 2.61 bits per heavy atom. The van der Waals surface area contributed by atoms with Crippen LogP contribution in [0.25, 0.3) is 16.2 Å². The molecule has 3 aromatic heterocycles. The van der Waals surface area contributed by atoms with Gasteiger partial charge in [-0.05, 0) is 48.8 Å². The van der Waals surface area contributed by atoms with Gasteiger partial charge in [0.25, 0.3) is 5.91 Å². The van der Waals surface area contributed by atoms with E-state index in [-0.39, 0.29) is 10.6 Å². The number of aromatic nitrogens is 3. The number of amides is 1. The fourth-order valence-electron chi connectivity index (χ4n) is 2.65. The number of rotatable bonds is 5. The zero-order chi connectivity index (χ0) is 19.7. The molecule has 0 unspecified atom stereocenters. The molecule has 142 valence electrons. The number of hydrogen-bond acceptors (Lipinski definition) is 6. The van der Waals surface area contributed by atoms with Crippen LogP contribution in [0.4, 0.5) is 5.69 Å². The van der Waals surface area contributed by atoms with Gasteiger partial charge in [0, 0.05) is 18.0 Å². The summed E-state index contributed by atoms with van der Waals surface area (Å²) < 4.78 is 27.4. The molecule has 0 aliphatic rings. The number of anilines is 1. The van der Waals surface area contributed by atoms with Crippen LogP contribution in [0.1, 0.15) is 10.5 Å². The Morgan fingerprint density at radius 1 is 1.14 bits per heavy atom. The van der Waals surface area contributed by atoms with Crippen molar-refractivity contribution >= 4 is 38.6 Å². The number of nitrogens with zero attached hydrogens (tertiary/aromatic N) is 3. The summed E-state index contributed by atoms with van der Waals surface area (Å²) in [7, 11) is -2.18. The van der Waals surface area contributed by atoms with Gasteiger partial charge in [-0.1, -0.05) is 6.07 Å². The first-order valence-electron chi connectivity index (χ1n) is 8.21. The molecule has 2 N–H and O–H groups in total. The molecule has 0 saturated carbocycles. The zero-order valence-electron chi connectivity index (χ0n) is 14.7. The van der Waals surface area contributed by atoms with Gasteiger partial charge in [0.15, 0.2) is 11.3 Å². The van der Waals surface area contributed by atoms with E-state index in [1.165, 1.54) is 31.3 Å². The minimum Gasteiger partial charge on any atom is -0.321 e. The lowest BCUT2D eigenvalue weighted by Gasteiger charge is -2.05. The van der Waals surface area contributed by atoms with Crippen LogP contribution in [0.15, 0.2) is 65.0 Å². The molecule has 0 aliphatic carbocycles. The Hall–Kier alpha value is -3.08. The van der Waals surface area contributed by atoms with Crippen molar-refractivity contribution in [1.29, 1.82) is 0 Å². The molecule has 0 saturated heterocycles. The molecule has 4 rings (SSSR count). The quantitative estimate of drug-likeness (QED) is 0.523. The molecule has 8 nitrogen and oxygen atoms in total. The fraction of sp³-hybridized carbons (Fsp3) is 0.0556. The molecular formula is C18H15N5O3S2. The molecule has 0 atom stereocenters. The first-order valence-corrected chi connectivity index (χ1v) is 10.6. The van der Waals surface area contributed by atoms with E-state index in [0.717, 1.165) is 10.6 Å². The second-order valence-electron chi connectivity index (χ2n) is 5.79. The van der Waals surface area contributed by atoms with E-state index in [0.29, 0.717) is 11.3 Å². The maximum absolute atomic E-state index is 12.6. The summed E-state index contributed by atoms with van der Waals surface area (Å²) in [4.78, 5) is 18.0. The number of sulfonamides is 1. The van der Waals surface area contributed by atoms with Crippen molar-refractivity contribution in [3.8, 4) is 10.6 Å². The van der Waals surface area contributed by atoms with Crippen molar-refractivity contribution in [3.05, 3.63) is 65.8 Å². The third kappa shape index (κ3) is 3.40. The molecule has 4 aromatic rings. The highest BCUT2D eigenvalue weighted by Crippen LogP contribution is 2.25. The molecule has 0 aliphatic heterocycles. The van der Waals surface area contributed by atoms with Crippen LogP contribution >= 0.6 is 11.3 Å². The molecule has 0 spiro atoms. The van der Waals surface area contributed by atoms with Crippen molar-refractivity contribution in [2.24, 2.45) is 0 Å². The van der Waals surface area contributed by atoms with Crippen LogP contribution in [0.5, 0.6) is 0 Å². The van der Waals surface area contributed by atoms with Gasteiger partial charge in [-0.25, -0.2) is 22.6 Å². The Balaban J connectivity index is 1.60. The molecule has 1 amide bonds. The second kappa shape index (κ2) is 7.15. The second-order valence-corrected chi connectivity index (χ2v) is 8.63. The maximum atomic E-state index is 12.6. The Morgan fingerprint density at radius 2 is 1.93 bits per heavy atom. The number of fused-ring (bicyclic) bond motifs is 1. The Labute approximate surface area is 164 Å². The molecule has 1 aromatic carbocycles. The van der Waals surface area contributed by atoms with Crippen LogP contribution in [0.3, 0.4) is 0 Å². The predicted molar refractivity (Wildman–Crippen MR) is 107 cm³/mol. The summed E-state index contributed by atoms with van der Waals surface area (Å²) in [5.74, 6) is -0.410. The lowest BCUT2D eigenvalue weighted by molar-refractivity contribution is 0.102. The first-order chi connectivity index (χ1) is 13.5. The summed E-state index contributed by atoms with van der Waals surface area (Å²) >= 11 is 1.57. The molecule has 3 heterocycles. The van der Waals surface area contributed by atoms with Crippen LogP contribution in [-0.2, 0) is 10.0 Å². The molecule has 0 fully saturated rings. The van der Waals surface area contributed by atoms with E-state index in [1.807, 2.05) is 23.6 Å². The van der Waals surface area contributed by atoms with Crippen molar-refractivity contribution in [3.63, 3.8) is 0 Å². The van der Waals surface area contributed by atoms with Crippen LogP contribution < -0.4 is 10.0 Å². The average Bonchev–Trinajstić information content (AvgIpc) is 3.38. The number of nitrogens with one attached hydrogen (secondary N) is 2. The van der Waals surface area contributed by atoms with Crippen molar-refractivity contribution < 1.29 is 13.2 Å². The number of carbonyl (C=O) groups is 1. The van der Waals surface area contributed by atoms with E-state index in [9.17, 15) is 13.2 Å². The Kier molecular flexibility index (Phi) is 4.67. The number of hydrogen-bond donors (Lipinski definition) is 2. The topological polar surface area (TPSA) is 105 Å². The lowest BCUT2D eigenvalue weighted by Crippen LogP contribution is -2.18. The van der Waals surface area contributed by atoms with Gasteiger partial charge < -0.3 is 5.32 Å². The van der Waals surface area contributed by atoms with E-state index < -0.39 is 15.9 Å². The first kappa shape index (κ1) is 18.3. The minimum atomic E-state index is -3.52.